The Labute approximate surface area is 129 Å². The molecule has 2 amide bonds. The van der Waals surface area contributed by atoms with Crippen LogP contribution in [0.15, 0.2) is 54.6 Å². The normalized spacial score (nSPS) is 11.7. The van der Waals surface area contributed by atoms with Crippen molar-refractivity contribution in [1.29, 1.82) is 0 Å². The van der Waals surface area contributed by atoms with Gasteiger partial charge in [0.2, 0.25) is 0 Å². The lowest BCUT2D eigenvalue weighted by Crippen LogP contribution is -2.36. The molecule has 5 nitrogen and oxygen atoms in total. The summed E-state index contributed by atoms with van der Waals surface area (Å²) in [5.41, 5.74) is 2.89. The fraction of sp³-hybridized carbons (Fsp3) is 0.235. The summed E-state index contributed by atoms with van der Waals surface area (Å²) in [5.74, 6) is 0. The molecule has 0 radical (unpaired) electrons. The second kappa shape index (κ2) is 8.17. The Hall–Kier alpha value is -2.37. The van der Waals surface area contributed by atoms with E-state index in [2.05, 4.69) is 10.6 Å². The standard InChI is InChI=1S/C17H20N2O3/c20-12-15(21)11-18-17(22)19-16-9-5-4-8-14(16)10-13-6-2-1-3-7-13/h1-9,15,20-21H,10-12H2,(H2,18,19,22)/t15-/m0/s1. The van der Waals surface area contributed by atoms with E-state index in [1.165, 1.54) is 0 Å². The number of amides is 2. The van der Waals surface area contributed by atoms with E-state index < -0.39 is 12.1 Å². The molecule has 0 saturated heterocycles. The van der Waals surface area contributed by atoms with Gasteiger partial charge in [-0.2, -0.15) is 0 Å². The number of carbonyl (C=O) groups excluding carboxylic acids is 1. The Morgan fingerprint density at radius 3 is 2.45 bits per heavy atom. The monoisotopic (exact) mass is 300 g/mol. The molecule has 0 saturated carbocycles. The minimum Gasteiger partial charge on any atom is -0.394 e. The third-order valence-corrected chi connectivity index (χ3v) is 3.21. The van der Waals surface area contributed by atoms with Gasteiger partial charge >= 0.3 is 6.03 Å². The molecular weight excluding hydrogens is 280 g/mol. The number of carbonyl (C=O) groups is 1. The van der Waals surface area contributed by atoms with Crippen LogP contribution < -0.4 is 10.6 Å². The number of benzene rings is 2. The number of aliphatic hydroxyl groups is 2. The van der Waals surface area contributed by atoms with Gasteiger partial charge in [-0.15, -0.1) is 0 Å². The van der Waals surface area contributed by atoms with Crippen molar-refractivity contribution < 1.29 is 15.0 Å². The number of nitrogens with one attached hydrogen (secondary N) is 2. The number of anilines is 1. The van der Waals surface area contributed by atoms with Crippen molar-refractivity contribution in [1.82, 2.24) is 5.32 Å². The van der Waals surface area contributed by atoms with Gasteiger partial charge in [0.25, 0.3) is 0 Å². The molecule has 2 aromatic carbocycles. The number of rotatable bonds is 6. The average molecular weight is 300 g/mol. The predicted molar refractivity (Wildman–Crippen MR) is 85.8 cm³/mol. The van der Waals surface area contributed by atoms with Crippen molar-refractivity contribution in [2.45, 2.75) is 12.5 Å². The molecule has 0 unspecified atom stereocenters. The topological polar surface area (TPSA) is 81.6 Å². The summed E-state index contributed by atoms with van der Waals surface area (Å²) in [5, 5.41) is 23.2. The average Bonchev–Trinajstić information content (AvgIpc) is 2.55. The summed E-state index contributed by atoms with van der Waals surface area (Å²) < 4.78 is 0. The molecule has 0 aromatic heterocycles. The number of aliphatic hydroxyl groups excluding tert-OH is 2. The van der Waals surface area contributed by atoms with Crippen LogP contribution in [-0.2, 0) is 6.42 Å². The summed E-state index contributed by atoms with van der Waals surface area (Å²) in [4.78, 5) is 11.8. The Bertz CT molecular complexity index is 602. The van der Waals surface area contributed by atoms with Gasteiger partial charge in [0.1, 0.15) is 0 Å². The predicted octanol–water partition coefficient (Wildman–Crippen LogP) is 1.75. The smallest absolute Gasteiger partial charge is 0.319 e. The lowest BCUT2D eigenvalue weighted by molar-refractivity contribution is 0.0965. The summed E-state index contributed by atoms with van der Waals surface area (Å²) in [6.45, 7) is -0.381. The molecule has 2 aromatic rings. The highest BCUT2D eigenvalue weighted by Gasteiger charge is 2.08. The maximum atomic E-state index is 11.8. The van der Waals surface area contributed by atoms with E-state index in [4.69, 9.17) is 5.11 Å². The van der Waals surface area contributed by atoms with Crippen molar-refractivity contribution >= 4 is 11.7 Å². The molecule has 0 aliphatic heterocycles. The quantitative estimate of drug-likeness (QED) is 0.656. The lowest BCUT2D eigenvalue weighted by Gasteiger charge is -2.13. The Morgan fingerprint density at radius 1 is 1.05 bits per heavy atom. The van der Waals surface area contributed by atoms with Crippen LogP contribution >= 0.6 is 0 Å². The lowest BCUT2D eigenvalue weighted by atomic mass is 10.0. The van der Waals surface area contributed by atoms with Gasteiger partial charge in [-0.05, 0) is 23.6 Å². The van der Waals surface area contributed by atoms with Crippen LogP contribution in [0.2, 0.25) is 0 Å². The maximum absolute atomic E-state index is 11.8. The summed E-state index contributed by atoms with van der Waals surface area (Å²) in [6, 6.07) is 17.2. The molecule has 0 spiro atoms. The van der Waals surface area contributed by atoms with Crippen LogP contribution in [0.3, 0.4) is 0 Å². The molecule has 0 fully saturated rings. The van der Waals surface area contributed by atoms with Crippen molar-refractivity contribution in [3.8, 4) is 0 Å². The zero-order valence-electron chi connectivity index (χ0n) is 12.2. The van der Waals surface area contributed by atoms with E-state index in [1.807, 2.05) is 54.6 Å². The van der Waals surface area contributed by atoms with E-state index in [0.29, 0.717) is 0 Å². The molecule has 0 bridgehead atoms. The van der Waals surface area contributed by atoms with Gasteiger partial charge < -0.3 is 20.8 Å². The highest BCUT2D eigenvalue weighted by molar-refractivity contribution is 5.90. The van der Waals surface area contributed by atoms with Crippen LogP contribution in [0.5, 0.6) is 0 Å². The van der Waals surface area contributed by atoms with E-state index in [9.17, 15) is 9.90 Å². The van der Waals surface area contributed by atoms with Crippen LogP contribution in [0, 0.1) is 0 Å². The molecule has 0 aliphatic carbocycles. The minimum atomic E-state index is -0.953. The molecule has 116 valence electrons. The first-order chi connectivity index (χ1) is 10.7. The van der Waals surface area contributed by atoms with Crippen molar-refractivity contribution in [3.63, 3.8) is 0 Å². The van der Waals surface area contributed by atoms with Crippen molar-refractivity contribution in [2.24, 2.45) is 0 Å². The molecule has 2 rings (SSSR count). The molecule has 22 heavy (non-hydrogen) atoms. The maximum Gasteiger partial charge on any atom is 0.319 e. The highest BCUT2D eigenvalue weighted by atomic mass is 16.3. The van der Waals surface area contributed by atoms with Crippen LogP contribution in [0.1, 0.15) is 11.1 Å². The van der Waals surface area contributed by atoms with E-state index in [1.54, 1.807) is 0 Å². The zero-order valence-corrected chi connectivity index (χ0v) is 12.2. The second-order valence-corrected chi connectivity index (χ2v) is 4.99. The summed E-state index contributed by atoms with van der Waals surface area (Å²) in [7, 11) is 0. The second-order valence-electron chi connectivity index (χ2n) is 4.99. The number of urea groups is 1. The minimum absolute atomic E-state index is 0.00316. The molecule has 1 atom stereocenters. The largest absolute Gasteiger partial charge is 0.394 e. The van der Waals surface area contributed by atoms with Gasteiger partial charge in [-0.1, -0.05) is 48.5 Å². The van der Waals surface area contributed by atoms with Gasteiger partial charge in [0.15, 0.2) is 0 Å². The molecular formula is C17H20N2O3. The summed E-state index contributed by atoms with van der Waals surface area (Å²) in [6.07, 6.45) is -0.235. The number of hydrogen-bond donors (Lipinski definition) is 4. The third kappa shape index (κ3) is 4.87. The first-order valence-electron chi connectivity index (χ1n) is 7.14. The molecule has 4 N–H and O–H groups in total. The highest BCUT2D eigenvalue weighted by Crippen LogP contribution is 2.18. The van der Waals surface area contributed by atoms with Gasteiger partial charge in [-0.3, -0.25) is 0 Å². The SMILES string of the molecule is O=C(NC[C@H](O)CO)Nc1ccccc1Cc1ccccc1. The van der Waals surface area contributed by atoms with E-state index >= 15 is 0 Å². The first kappa shape index (κ1) is 16.0. The van der Waals surface area contributed by atoms with E-state index in [0.717, 1.165) is 23.2 Å². The Balaban J connectivity index is 2.00. The summed E-state index contributed by atoms with van der Waals surface area (Å²) >= 11 is 0. The van der Waals surface area contributed by atoms with Crippen LogP contribution in [0.4, 0.5) is 10.5 Å². The Morgan fingerprint density at radius 2 is 1.73 bits per heavy atom. The third-order valence-electron chi connectivity index (χ3n) is 3.21. The zero-order chi connectivity index (χ0) is 15.8. The molecule has 0 aliphatic rings. The van der Waals surface area contributed by atoms with Crippen molar-refractivity contribution in [2.75, 3.05) is 18.5 Å². The fourth-order valence-electron chi connectivity index (χ4n) is 2.05. The van der Waals surface area contributed by atoms with E-state index in [-0.39, 0.29) is 13.2 Å². The van der Waals surface area contributed by atoms with Crippen LogP contribution in [0.25, 0.3) is 0 Å². The first-order valence-corrected chi connectivity index (χ1v) is 7.14. The number of hydrogen-bond acceptors (Lipinski definition) is 3. The molecule has 5 heteroatoms. The Kier molecular flexibility index (Phi) is 5.94. The van der Waals surface area contributed by atoms with Gasteiger partial charge in [0, 0.05) is 12.2 Å². The van der Waals surface area contributed by atoms with Gasteiger partial charge in [-0.25, -0.2) is 4.79 Å². The van der Waals surface area contributed by atoms with Gasteiger partial charge in [0.05, 0.1) is 12.7 Å². The van der Waals surface area contributed by atoms with Crippen molar-refractivity contribution in [3.05, 3.63) is 65.7 Å². The molecule has 0 heterocycles. The number of para-hydroxylation sites is 1. The fourth-order valence-corrected chi connectivity index (χ4v) is 2.05. The van der Waals surface area contributed by atoms with Crippen LogP contribution in [-0.4, -0.2) is 35.5 Å².